The number of rotatable bonds is 3. The number of hydrogen-bond donors (Lipinski definition) is 0. The zero-order valence-corrected chi connectivity index (χ0v) is 11.9. The third-order valence-electron chi connectivity index (χ3n) is 3.41. The first kappa shape index (κ1) is 13.4. The standard InChI is InChI=1S/C17H15NO3/c1-11-9-17(19)21-16-10-14(3-4-15(11)16)20-12(2)13-5-7-18-8-6-13/h3-10,12H,1-2H3. The van der Waals surface area contributed by atoms with Crippen molar-refractivity contribution >= 4 is 11.0 Å². The van der Waals surface area contributed by atoms with E-state index in [1.54, 1.807) is 18.5 Å². The molecule has 2 aromatic heterocycles. The normalized spacial score (nSPS) is 12.3. The fourth-order valence-corrected chi connectivity index (χ4v) is 2.29. The molecule has 106 valence electrons. The molecular formula is C17H15NO3. The van der Waals surface area contributed by atoms with Crippen molar-refractivity contribution in [2.24, 2.45) is 0 Å². The van der Waals surface area contributed by atoms with Gasteiger partial charge in [0.15, 0.2) is 0 Å². The summed E-state index contributed by atoms with van der Waals surface area (Å²) in [4.78, 5) is 15.4. The Labute approximate surface area is 122 Å². The molecule has 0 amide bonds. The van der Waals surface area contributed by atoms with Gasteiger partial charge in [-0.05, 0) is 49.2 Å². The van der Waals surface area contributed by atoms with Crippen LogP contribution in [0.5, 0.6) is 5.75 Å². The van der Waals surface area contributed by atoms with Gasteiger partial charge in [0.05, 0.1) is 0 Å². The van der Waals surface area contributed by atoms with Gasteiger partial charge in [-0.15, -0.1) is 0 Å². The number of pyridine rings is 1. The average Bonchev–Trinajstić information content (AvgIpc) is 2.47. The molecule has 2 heterocycles. The number of fused-ring (bicyclic) bond motifs is 1. The summed E-state index contributed by atoms with van der Waals surface area (Å²) < 4.78 is 11.1. The molecule has 3 rings (SSSR count). The molecule has 0 radical (unpaired) electrons. The summed E-state index contributed by atoms with van der Waals surface area (Å²) >= 11 is 0. The topological polar surface area (TPSA) is 52.3 Å². The van der Waals surface area contributed by atoms with Gasteiger partial charge in [-0.1, -0.05) is 0 Å². The smallest absolute Gasteiger partial charge is 0.336 e. The largest absolute Gasteiger partial charge is 0.486 e. The number of ether oxygens (including phenoxy) is 1. The lowest BCUT2D eigenvalue weighted by Crippen LogP contribution is -2.03. The fourth-order valence-electron chi connectivity index (χ4n) is 2.29. The first-order valence-electron chi connectivity index (χ1n) is 6.74. The monoisotopic (exact) mass is 281 g/mol. The molecule has 21 heavy (non-hydrogen) atoms. The van der Waals surface area contributed by atoms with Crippen LogP contribution in [0.4, 0.5) is 0 Å². The van der Waals surface area contributed by atoms with Gasteiger partial charge in [-0.3, -0.25) is 4.98 Å². The van der Waals surface area contributed by atoms with Crippen LogP contribution in [0.3, 0.4) is 0 Å². The van der Waals surface area contributed by atoms with Crippen LogP contribution in [0.1, 0.15) is 24.2 Å². The van der Waals surface area contributed by atoms with Crippen LogP contribution in [0, 0.1) is 6.92 Å². The number of aromatic nitrogens is 1. The van der Waals surface area contributed by atoms with E-state index >= 15 is 0 Å². The molecule has 0 bridgehead atoms. The quantitative estimate of drug-likeness (QED) is 0.688. The van der Waals surface area contributed by atoms with Gasteiger partial charge in [-0.25, -0.2) is 4.79 Å². The molecule has 1 unspecified atom stereocenters. The minimum absolute atomic E-state index is 0.109. The Balaban J connectivity index is 1.93. The van der Waals surface area contributed by atoms with E-state index in [0.29, 0.717) is 11.3 Å². The van der Waals surface area contributed by atoms with Crippen molar-refractivity contribution in [1.82, 2.24) is 4.98 Å². The Morgan fingerprint density at radius 3 is 2.67 bits per heavy atom. The second-order valence-electron chi connectivity index (χ2n) is 4.95. The molecule has 3 aromatic rings. The summed E-state index contributed by atoms with van der Waals surface area (Å²) in [6.45, 7) is 3.85. The van der Waals surface area contributed by atoms with E-state index in [1.165, 1.54) is 6.07 Å². The summed E-state index contributed by atoms with van der Waals surface area (Å²) in [6, 6.07) is 10.9. The molecular weight excluding hydrogens is 266 g/mol. The second-order valence-corrected chi connectivity index (χ2v) is 4.95. The van der Waals surface area contributed by atoms with Crippen LogP contribution in [-0.4, -0.2) is 4.98 Å². The number of benzene rings is 1. The van der Waals surface area contributed by atoms with Gasteiger partial charge in [0.2, 0.25) is 0 Å². The molecule has 4 heteroatoms. The van der Waals surface area contributed by atoms with Crippen molar-refractivity contribution in [3.8, 4) is 5.75 Å². The molecule has 0 N–H and O–H groups in total. The lowest BCUT2D eigenvalue weighted by Gasteiger charge is -2.15. The maximum Gasteiger partial charge on any atom is 0.336 e. The van der Waals surface area contributed by atoms with Gasteiger partial charge < -0.3 is 9.15 Å². The molecule has 0 aliphatic rings. The molecule has 1 aromatic carbocycles. The van der Waals surface area contributed by atoms with Gasteiger partial charge in [0, 0.05) is 29.9 Å². The van der Waals surface area contributed by atoms with Gasteiger partial charge in [0.25, 0.3) is 0 Å². The summed E-state index contributed by atoms with van der Waals surface area (Å²) in [5.41, 5.74) is 2.13. The Morgan fingerprint density at radius 1 is 1.14 bits per heavy atom. The first-order chi connectivity index (χ1) is 10.1. The minimum atomic E-state index is -0.348. The van der Waals surface area contributed by atoms with Crippen molar-refractivity contribution in [1.29, 1.82) is 0 Å². The van der Waals surface area contributed by atoms with Crippen molar-refractivity contribution in [3.63, 3.8) is 0 Å². The predicted molar refractivity (Wildman–Crippen MR) is 80.5 cm³/mol. The summed E-state index contributed by atoms with van der Waals surface area (Å²) in [5.74, 6) is 0.667. The van der Waals surface area contributed by atoms with Crippen LogP contribution in [-0.2, 0) is 0 Å². The zero-order chi connectivity index (χ0) is 14.8. The number of aryl methyl sites for hydroxylation is 1. The van der Waals surface area contributed by atoms with E-state index in [4.69, 9.17) is 9.15 Å². The van der Waals surface area contributed by atoms with Gasteiger partial charge >= 0.3 is 5.63 Å². The van der Waals surface area contributed by atoms with Crippen molar-refractivity contribution in [3.05, 3.63) is 70.3 Å². The third kappa shape index (κ3) is 2.79. The van der Waals surface area contributed by atoms with Crippen molar-refractivity contribution in [2.75, 3.05) is 0 Å². The molecule has 0 fully saturated rings. The summed E-state index contributed by atoms with van der Waals surface area (Å²) in [5, 5.41) is 0.915. The molecule has 0 aliphatic carbocycles. The van der Waals surface area contributed by atoms with Crippen LogP contribution < -0.4 is 10.4 Å². The van der Waals surface area contributed by atoms with E-state index in [2.05, 4.69) is 4.98 Å². The maximum atomic E-state index is 11.4. The molecule has 0 spiro atoms. The van der Waals surface area contributed by atoms with E-state index in [-0.39, 0.29) is 11.7 Å². The minimum Gasteiger partial charge on any atom is -0.486 e. The van der Waals surface area contributed by atoms with E-state index in [0.717, 1.165) is 16.5 Å². The highest BCUT2D eigenvalue weighted by atomic mass is 16.5. The number of nitrogens with zero attached hydrogens (tertiary/aromatic N) is 1. The predicted octanol–water partition coefficient (Wildman–Crippen LogP) is 3.64. The van der Waals surface area contributed by atoms with E-state index in [9.17, 15) is 4.79 Å². The zero-order valence-electron chi connectivity index (χ0n) is 11.9. The number of hydrogen-bond acceptors (Lipinski definition) is 4. The fraction of sp³-hybridized carbons (Fsp3) is 0.176. The third-order valence-corrected chi connectivity index (χ3v) is 3.41. The SMILES string of the molecule is Cc1cc(=O)oc2cc(OC(C)c3ccncc3)ccc12. The van der Waals surface area contributed by atoms with Crippen LogP contribution in [0.2, 0.25) is 0 Å². The lowest BCUT2D eigenvalue weighted by molar-refractivity contribution is 0.227. The van der Waals surface area contributed by atoms with E-state index < -0.39 is 0 Å². The molecule has 0 saturated heterocycles. The average molecular weight is 281 g/mol. The van der Waals surface area contributed by atoms with Crippen LogP contribution in [0.15, 0.2) is 58.0 Å². The van der Waals surface area contributed by atoms with Gasteiger partial charge in [0.1, 0.15) is 17.4 Å². The maximum absolute atomic E-state index is 11.4. The van der Waals surface area contributed by atoms with Crippen molar-refractivity contribution in [2.45, 2.75) is 20.0 Å². The Kier molecular flexibility index (Phi) is 3.44. The first-order valence-corrected chi connectivity index (χ1v) is 6.74. The van der Waals surface area contributed by atoms with Gasteiger partial charge in [-0.2, -0.15) is 0 Å². The Bertz CT molecular complexity index is 824. The molecule has 0 saturated carbocycles. The van der Waals surface area contributed by atoms with E-state index in [1.807, 2.05) is 38.1 Å². The Morgan fingerprint density at radius 2 is 1.90 bits per heavy atom. The molecule has 1 atom stereocenters. The summed E-state index contributed by atoms with van der Waals surface area (Å²) in [7, 11) is 0. The molecule has 0 aliphatic heterocycles. The second kappa shape index (κ2) is 5.40. The van der Waals surface area contributed by atoms with Crippen molar-refractivity contribution < 1.29 is 9.15 Å². The lowest BCUT2D eigenvalue weighted by atomic mass is 10.1. The van der Waals surface area contributed by atoms with Crippen LogP contribution in [0.25, 0.3) is 11.0 Å². The Hall–Kier alpha value is -2.62. The summed E-state index contributed by atoms with van der Waals surface area (Å²) in [6.07, 6.45) is 3.36. The highest BCUT2D eigenvalue weighted by Gasteiger charge is 2.09. The highest BCUT2D eigenvalue weighted by molar-refractivity contribution is 5.81. The molecule has 4 nitrogen and oxygen atoms in total. The highest BCUT2D eigenvalue weighted by Crippen LogP contribution is 2.26. The van der Waals surface area contributed by atoms with Crippen LogP contribution >= 0.6 is 0 Å².